The van der Waals surface area contributed by atoms with Gasteiger partial charge in [0.25, 0.3) is 10.0 Å². The van der Waals surface area contributed by atoms with Gasteiger partial charge >= 0.3 is 0 Å². The van der Waals surface area contributed by atoms with Crippen LogP contribution in [-0.4, -0.2) is 57.6 Å². The van der Waals surface area contributed by atoms with Crippen LogP contribution in [0.25, 0.3) is 0 Å². The maximum Gasteiger partial charge on any atom is 0.264 e. The number of hydrogen-bond acceptors (Lipinski definition) is 7. The van der Waals surface area contributed by atoms with E-state index < -0.39 is 10.0 Å². The lowest BCUT2D eigenvalue weighted by Crippen LogP contribution is -2.30. The van der Waals surface area contributed by atoms with Gasteiger partial charge in [-0.1, -0.05) is 12.1 Å². The summed E-state index contributed by atoms with van der Waals surface area (Å²) < 4.78 is 46.4. The average molecular weight is 553 g/mol. The molecule has 0 saturated carbocycles. The van der Waals surface area contributed by atoms with Gasteiger partial charge in [0.15, 0.2) is 6.29 Å². The van der Waals surface area contributed by atoms with Gasteiger partial charge in [0.1, 0.15) is 23.9 Å². The Balaban J connectivity index is 1.32. The van der Waals surface area contributed by atoms with Crippen molar-refractivity contribution >= 4 is 15.7 Å². The number of nitrogens with zero attached hydrogens (tertiary/aromatic N) is 2. The first kappa shape index (κ1) is 27.3. The van der Waals surface area contributed by atoms with Crippen molar-refractivity contribution in [1.82, 2.24) is 4.90 Å². The van der Waals surface area contributed by atoms with Gasteiger partial charge in [-0.15, -0.1) is 0 Å². The molecule has 2 saturated heterocycles. The highest BCUT2D eigenvalue weighted by Gasteiger charge is 2.26. The number of rotatable bonds is 11. The molecule has 1 unspecified atom stereocenters. The Morgan fingerprint density at radius 2 is 1.56 bits per heavy atom. The lowest BCUT2D eigenvalue weighted by atomic mass is 10.2. The van der Waals surface area contributed by atoms with Gasteiger partial charge in [-0.3, -0.25) is 9.21 Å². The second-order valence-electron chi connectivity index (χ2n) is 9.95. The molecule has 1 atom stereocenters. The minimum absolute atomic E-state index is 0.00784. The molecule has 9 heteroatoms. The minimum atomic E-state index is -3.92. The fraction of sp³-hybridized carbons (Fsp3) is 0.400. The Morgan fingerprint density at radius 3 is 2.23 bits per heavy atom. The molecule has 0 aliphatic carbocycles. The predicted molar refractivity (Wildman–Crippen MR) is 150 cm³/mol. The van der Waals surface area contributed by atoms with Crippen molar-refractivity contribution in [2.45, 2.75) is 49.8 Å². The van der Waals surface area contributed by atoms with E-state index in [-0.39, 0.29) is 23.5 Å². The monoisotopic (exact) mass is 552 g/mol. The second kappa shape index (κ2) is 12.7. The molecule has 0 bridgehead atoms. The Kier molecular flexibility index (Phi) is 8.91. The number of aromatic hydroxyl groups is 1. The molecule has 0 spiro atoms. The molecule has 3 aromatic carbocycles. The highest BCUT2D eigenvalue weighted by Crippen LogP contribution is 2.29. The number of anilines is 1. The van der Waals surface area contributed by atoms with Gasteiger partial charge in [0.05, 0.1) is 23.7 Å². The van der Waals surface area contributed by atoms with E-state index in [9.17, 15) is 13.5 Å². The number of phenolic OH excluding ortho intramolecular Hbond substituents is 1. The lowest BCUT2D eigenvalue weighted by Gasteiger charge is -2.26. The fourth-order valence-electron chi connectivity index (χ4n) is 4.86. The van der Waals surface area contributed by atoms with Gasteiger partial charge in [-0.2, -0.15) is 0 Å². The molecule has 0 amide bonds. The maximum atomic E-state index is 13.7. The Labute approximate surface area is 230 Å². The predicted octanol–water partition coefficient (Wildman–Crippen LogP) is 5.17. The summed E-state index contributed by atoms with van der Waals surface area (Å²) in [7, 11) is -3.92. The zero-order valence-corrected chi connectivity index (χ0v) is 22.9. The smallest absolute Gasteiger partial charge is 0.264 e. The van der Waals surface area contributed by atoms with Crippen molar-refractivity contribution in [3.8, 4) is 17.2 Å². The number of likely N-dealkylation sites (tertiary alicyclic amines) is 1. The molecule has 2 aliphatic rings. The largest absolute Gasteiger partial charge is 0.508 e. The van der Waals surface area contributed by atoms with Crippen LogP contribution < -0.4 is 13.8 Å². The zero-order chi connectivity index (χ0) is 27.1. The van der Waals surface area contributed by atoms with Gasteiger partial charge in [0.2, 0.25) is 0 Å². The summed E-state index contributed by atoms with van der Waals surface area (Å²) in [4.78, 5) is 2.49. The Bertz CT molecular complexity index is 1280. The van der Waals surface area contributed by atoms with Crippen molar-refractivity contribution in [2.24, 2.45) is 0 Å². The van der Waals surface area contributed by atoms with Gasteiger partial charge < -0.3 is 19.3 Å². The van der Waals surface area contributed by atoms with Crippen LogP contribution >= 0.6 is 0 Å². The molecule has 39 heavy (non-hydrogen) atoms. The highest BCUT2D eigenvalue weighted by atomic mass is 32.2. The SMILES string of the molecule is O=S(=O)(c1ccc(O)cc1)N(Cc1ccc(OC2CCCCO2)cc1)c1ccc(OCCN2CCCC2)cc1. The number of hydrogen-bond donors (Lipinski definition) is 1. The summed E-state index contributed by atoms with van der Waals surface area (Å²) in [5.74, 6) is 1.40. The van der Waals surface area contributed by atoms with Crippen LogP contribution in [-0.2, 0) is 21.3 Å². The topological polar surface area (TPSA) is 88.5 Å². The molecular weight excluding hydrogens is 516 g/mol. The van der Waals surface area contributed by atoms with Crippen molar-refractivity contribution < 1.29 is 27.7 Å². The number of sulfonamides is 1. The molecule has 2 aliphatic heterocycles. The molecule has 3 aromatic rings. The quantitative estimate of drug-likeness (QED) is 0.351. The number of ether oxygens (including phenoxy) is 3. The van der Waals surface area contributed by atoms with E-state index in [4.69, 9.17) is 14.2 Å². The van der Waals surface area contributed by atoms with E-state index in [1.807, 2.05) is 24.3 Å². The van der Waals surface area contributed by atoms with E-state index in [1.54, 1.807) is 24.3 Å². The highest BCUT2D eigenvalue weighted by molar-refractivity contribution is 7.92. The van der Waals surface area contributed by atoms with Crippen molar-refractivity contribution in [3.63, 3.8) is 0 Å². The van der Waals surface area contributed by atoms with Gasteiger partial charge in [-0.05, 0) is 105 Å². The molecule has 1 N–H and O–H groups in total. The van der Waals surface area contributed by atoms with Crippen LogP contribution in [0.15, 0.2) is 77.7 Å². The van der Waals surface area contributed by atoms with Crippen molar-refractivity contribution in [2.75, 3.05) is 37.2 Å². The zero-order valence-electron chi connectivity index (χ0n) is 22.1. The second-order valence-corrected chi connectivity index (χ2v) is 11.8. The molecule has 2 fully saturated rings. The maximum absolute atomic E-state index is 13.7. The van der Waals surface area contributed by atoms with Crippen molar-refractivity contribution in [1.29, 1.82) is 0 Å². The lowest BCUT2D eigenvalue weighted by molar-refractivity contribution is -0.105. The summed E-state index contributed by atoms with van der Waals surface area (Å²) in [6, 6.07) is 20.1. The third-order valence-electron chi connectivity index (χ3n) is 7.08. The normalized spacial score (nSPS) is 18.1. The molecule has 2 heterocycles. The Morgan fingerprint density at radius 1 is 0.872 bits per heavy atom. The number of phenols is 1. The van der Waals surface area contributed by atoms with Crippen LogP contribution in [0.1, 0.15) is 37.7 Å². The Hall–Kier alpha value is -3.27. The van der Waals surface area contributed by atoms with Gasteiger partial charge in [0, 0.05) is 13.0 Å². The third kappa shape index (κ3) is 7.23. The summed E-state index contributed by atoms with van der Waals surface area (Å²) >= 11 is 0. The van der Waals surface area contributed by atoms with Crippen LogP contribution in [0.5, 0.6) is 17.2 Å². The molecule has 8 nitrogen and oxygen atoms in total. The van der Waals surface area contributed by atoms with E-state index >= 15 is 0 Å². The van der Waals surface area contributed by atoms with Crippen LogP contribution in [0, 0.1) is 0 Å². The van der Waals surface area contributed by atoms with E-state index in [0.717, 1.165) is 44.5 Å². The number of benzene rings is 3. The molecule has 5 rings (SSSR count). The third-order valence-corrected chi connectivity index (χ3v) is 8.87. The first-order valence-electron chi connectivity index (χ1n) is 13.6. The first-order valence-corrected chi connectivity index (χ1v) is 15.1. The van der Waals surface area contributed by atoms with Crippen molar-refractivity contribution in [3.05, 3.63) is 78.4 Å². The van der Waals surface area contributed by atoms with Gasteiger partial charge in [-0.25, -0.2) is 8.42 Å². The standard InChI is InChI=1S/C30H36N2O6S/c33-26-10-16-29(17-11-26)39(34,35)32(23-24-6-12-28(13-7-24)38-30-5-1-4-21-37-30)25-8-14-27(15-9-25)36-22-20-31-18-2-3-19-31/h6-17,30,33H,1-5,18-23H2. The minimum Gasteiger partial charge on any atom is -0.508 e. The van der Waals surface area contributed by atoms with E-state index in [0.29, 0.717) is 30.4 Å². The van der Waals surface area contributed by atoms with E-state index in [1.165, 1.54) is 41.4 Å². The summed E-state index contributed by atoms with van der Waals surface area (Å²) in [6.07, 6.45) is 5.23. The summed E-state index contributed by atoms with van der Waals surface area (Å²) in [5.41, 5.74) is 1.33. The van der Waals surface area contributed by atoms with Crippen LogP contribution in [0.2, 0.25) is 0 Å². The summed E-state index contributed by atoms with van der Waals surface area (Å²) in [5, 5.41) is 9.68. The van der Waals surface area contributed by atoms with E-state index in [2.05, 4.69) is 4.90 Å². The molecule has 0 radical (unpaired) electrons. The molecular formula is C30H36N2O6S. The van der Waals surface area contributed by atoms with Crippen LogP contribution in [0.3, 0.4) is 0 Å². The van der Waals surface area contributed by atoms with Crippen LogP contribution in [0.4, 0.5) is 5.69 Å². The first-order chi connectivity index (χ1) is 19.0. The fourth-order valence-corrected chi connectivity index (χ4v) is 6.32. The average Bonchev–Trinajstić information content (AvgIpc) is 3.48. The summed E-state index contributed by atoms with van der Waals surface area (Å²) in [6.45, 7) is 4.54. The molecule has 0 aromatic heterocycles. The molecule has 208 valence electrons.